The Labute approximate surface area is 113 Å². The fourth-order valence-electron chi connectivity index (χ4n) is 2.43. The average molecular weight is 260 g/mol. The van der Waals surface area contributed by atoms with E-state index in [1.54, 1.807) is 0 Å². The number of benzene rings is 1. The van der Waals surface area contributed by atoms with E-state index in [1.807, 2.05) is 31.2 Å². The molecule has 0 unspecified atom stereocenters. The topological polar surface area (TPSA) is 58.2 Å². The Hall–Kier alpha value is -1.84. The maximum atomic E-state index is 11.8. The fraction of sp³-hybridized carbons (Fsp3) is 0.467. The van der Waals surface area contributed by atoms with Gasteiger partial charge in [0.15, 0.2) is 0 Å². The maximum absolute atomic E-state index is 11.8. The molecule has 1 aromatic carbocycles. The molecule has 1 aromatic rings. The van der Waals surface area contributed by atoms with Crippen LogP contribution in [-0.2, 0) is 9.59 Å². The van der Waals surface area contributed by atoms with E-state index in [1.165, 1.54) is 0 Å². The van der Waals surface area contributed by atoms with Crippen molar-refractivity contribution in [3.05, 3.63) is 29.8 Å². The van der Waals surface area contributed by atoms with Crippen LogP contribution in [0.5, 0.6) is 0 Å². The van der Waals surface area contributed by atoms with Crippen molar-refractivity contribution in [3.8, 4) is 0 Å². The van der Waals surface area contributed by atoms with Crippen LogP contribution in [0.15, 0.2) is 24.3 Å². The zero-order chi connectivity index (χ0) is 13.7. The molecule has 0 radical (unpaired) electrons. The number of hydrogen-bond donors (Lipinski definition) is 2. The van der Waals surface area contributed by atoms with E-state index in [-0.39, 0.29) is 24.3 Å². The van der Waals surface area contributed by atoms with Gasteiger partial charge in [-0.05, 0) is 37.5 Å². The van der Waals surface area contributed by atoms with Crippen molar-refractivity contribution in [2.24, 2.45) is 5.92 Å². The Kier molecular flexibility index (Phi) is 4.55. The maximum Gasteiger partial charge on any atom is 0.243 e. The summed E-state index contributed by atoms with van der Waals surface area (Å²) in [6.07, 6.45) is 4.14. The number of carbonyl (C=O) groups is 2. The Morgan fingerprint density at radius 2 is 2.00 bits per heavy atom. The predicted molar refractivity (Wildman–Crippen MR) is 74.8 cm³/mol. The van der Waals surface area contributed by atoms with E-state index in [9.17, 15) is 9.59 Å². The van der Waals surface area contributed by atoms with Crippen LogP contribution >= 0.6 is 0 Å². The standard InChI is InChI=1S/C15H20N2O2/c1-11-5-4-8-13(9-11)17-14(18)10-16-15(19)12-6-2-3-7-12/h4-5,8-9,12H,2-3,6-7,10H2,1H3,(H,16,19)(H,17,18). The lowest BCUT2D eigenvalue weighted by Crippen LogP contribution is -2.36. The molecule has 2 N–H and O–H groups in total. The molecule has 1 fully saturated rings. The molecule has 0 aromatic heterocycles. The third-order valence-electron chi connectivity index (χ3n) is 3.45. The van der Waals surface area contributed by atoms with Gasteiger partial charge in [-0.15, -0.1) is 0 Å². The van der Waals surface area contributed by atoms with Crippen molar-refractivity contribution in [2.45, 2.75) is 32.6 Å². The van der Waals surface area contributed by atoms with Crippen LogP contribution in [0, 0.1) is 12.8 Å². The summed E-state index contributed by atoms with van der Waals surface area (Å²) < 4.78 is 0. The Morgan fingerprint density at radius 1 is 1.26 bits per heavy atom. The summed E-state index contributed by atoms with van der Waals surface area (Å²) in [7, 11) is 0. The molecular weight excluding hydrogens is 240 g/mol. The third-order valence-corrected chi connectivity index (χ3v) is 3.45. The second kappa shape index (κ2) is 6.36. The highest BCUT2D eigenvalue weighted by Gasteiger charge is 2.22. The number of carbonyl (C=O) groups excluding carboxylic acids is 2. The van der Waals surface area contributed by atoms with Gasteiger partial charge in [0.1, 0.15) is 0 Å². The van der Waals surface area contributed by atoms with Gasteiger partial charge >= 0.3 is 0 Å². The van der Waals surface area contributed by atoms with Gasteiger partial charge in [-0.2, -0.15) is 0 Å². The highest BCUT2D eigenvalue weighted by Crippen LogP contribution is 2.24. The van der Waals surface area contributed by atoms with Crippen LogP contribution in [0.4, 0.5) is 5.69 Å². The minimum atomic E-state index is -0.183. The van der Waals surface area contributed by atoms with Gasteiger partial charge in [0, 0.05) is 11.6 Å². The summed E-state index contributed by atoms with van der Waals surface area (Å²) >= 11 is 0. The van der Waals surface area contributed by atoms with Gasteiger partial charge < -0.3 is 10.6 Å². The fourth-order valence-corrected chi connectivity index (χ4v) is 2.43. The second-order valence-electron chi connectivity index (χ2n) is 5.12. The van der Waals surface area contributed by atoms with Crippen LogP contribution < -0.4 is 10.6 Å². The van der Waals surface area contributed by atoms with E-state index in [0.29, 0.717) is 0 Å². The molecule has 0 atom stereocenters. The molecule has 0 bridgehead atoms. The molecular formula is C15H20N2O2. The zero-order valence-electron chi connectivity index (χ0n) is 11.2. The highest BCUT2D eigenvalue weighted by molar-refractivity contribution is 5.94. The van der Waals surface area contributed by atoms with E-state index in [4.69, 9.17) is 0 Å². The molecule has 1 aliphatic carbocycles. The highest BCUT2D eigenvalue weighted by atomic mass is 16.2. The SMILES string of the molecule is Cc1cccc(NC(=O)CNC(=O)C2CCCC2)c1. The Morgan fingerprint density at radius 3 is 2.68 bits per heavy atom. The lowest BCUT2D eigenvalue weighted by Gasteiger charge is -2.10. The molecule has 1 aliphatic rings. The normalized spacial score (nSPS) is 15.2. The molecule has 102 valence electrons. The average Bonchev–Trinajstić information content (AvgIpc) is 2.90. The van der Waals surface area contributed by atoms with E-state index < -0.39 is 0 Å². The van der Waals surface area contributed by atoms with Gasteiger partial charge in [-0.25, -0.2) is 0 Å². The largest absolute Gasteiger partial charge is 0.347 e. The van der Waals surface area contributed by atoms with Crippen molar-refractivity contribution >= 4 is 17.5 Å². The zero-order valence-corrected chi connectivity index (χ0v) is 11.2. The monoisotopic (exact) mass is 260 g/mol. The summed E-state index contributed by atoms with van der Waals surface area (Å²) in [6.45, 7) is 2.01. The molecule has 0 aliphatic heterocycles. The quantitative estimate of drug-likeness (QED) is 0.872. The van der Waals surface area contributed by atoms with Crippen molar-refractivity contribution in [2.75, 3.05) is 11.9 Å². The molecule has 0 spiro atoms. The summed E-state index contributed by atoms with van der Waals surface area (Å²) in [5.41, 5.74) is 1.85. The Balaban J connectivity index is 1.76. The van der Waals surface area contributed by atoms with Crippen LogP contribution in [0.1, 0.15) is 31.2 Å². The van der Waals surface area contributed by atoms with Crippen LogP contribution in [-0.4, -0.2) is 18.4 Å². The third kappa shape index (κ3) is 4.09. The minimum Gasteiger partial charge on any atom is -0.347 e. The van der Waals surface area contributed by atoms with Gasteiger partial charge in [-0.1, -0.05) is 25.0 Å². The number of nitrogens with one attached hydrogen (secondary N) is 2. The first-order valence-corrected chi connectivity index (χ1v) is 6.79. The predicted octanol–water partition coefficient (Wildman–Crippen LogP) is 2.24. The van der Waals surface area contributed by atoms with E-state index in [2.05, 4.69) is 10.6 Å². The van der Waals surface area contributed by atoms with Crippen molar-refractivity contribution in [1.82, 2.24) is 5.32 Å². The molecule has 4 heteroatoms. The first-order chi connectivity index (χ1) is 9.15. The smallest absolute Gasteiger partial charge is 0.243 e. The second-order valence-corrected chi connectivity index (χ2v) is 5.12. The number of aryl methyl sites for hydroxylation is 1. The molecule has 0 saturated heterocycles. The molecule has 4 nitrogen and oxygen atoms in total. The van der Waals surface area contributed by atoms with Gasteiger partial charge in [-0.3, -0.25) is 9.59 Å². The molecule has 0 heterocycles. The lowest BCUT2D eigenvalue weighted by atomic mass is 10.1. The summed E-state index contributed by atoms with van der Waals surface area (Å²) in [5.74, 6) is -0.0689. The molecule has 2 amide bonds. The van der Waals surface area contributed by atoms with E-state index >= 15 is 0 Å². The number of rotatable bonds is 4. The summed E-state index contributed by atoms with van der Waals surface area (Å²) in [4.78, 5) is 23.5. The summed E-state index contributed by atoms with van der Waals surface area (Å²) in [5, 5.41) is 5.48. The van der Waals surface area contributed by atoms with Crippen molar-refractivity contribution in [3.63, 3.8) is 0 Å². The van der Waals surface area contributed by atoms with Gasteiger partial charge in [0.2, 0.25) is 11.8 Å². The lowest BCUT2D eigenvalue weighted by molar-refractivity contribution is -0.127. The van der Waals surface area contributed by atoms with Crippen LogP contribution in [0.2, 0.25) is 0 Å². The Bertz CT molecular complexity index is 465. The number of amides is 2. The van der Waals surface area contributed by atoms with Crippen molar-refractivity contribution < 1.29 is 9.59 Å². The molecule has 2 rings (SSSR count). The number of anilines is 1. The molecule has 19 heavy (non-hydrogen) atoms. The van der Waals surface area contributed by atoms with E-state index in [0.717, 1.165) is 36.9 Å². The first-order valence-electron chi connectivity index (χ1n) is 6.79. The van der Waals surface area contributed by atoms with Gasteiger partial charge in [0.25, 0.3) is 0 Å². The van der Waals surface area contributed by atoms with Crippen LogP contribution in [0.25, 0.3) is 0 Å². The summed E-state index contributed by atoms with van der Waals surface area (Å²) in [6, 6.07) is 7.60. The minimum absolute atomic E-state index is 0.0110. The van der Waals surface area contributed by atoms with Gasteiger partial charge in [0.05, 0.1) is 6.54 Å². The van der Waals surface area contributed by atoms with Crippen molar-refractivity contribution in [1.29, 1.82) is 0 Å². The first kappa shape index (κ1) is 13.6. The number of hydrogen-bond acceptors (Lipinski definition) is 2. The molecule has 1 saturated carbocycles. The van der Waals surface area contributed by atoms with Crippen LogP contribution in [0.3, 0.4) is 0 Å².